The van der Waals surface area contributed by atoms with Crippen LogP contribution in [-0.4, -0.2) is 45.4 Å². The number of likely N-dealkylation sites (tertiary alicyclic amines) is 1. The van der Waals surface area contributed by atoms with Gasteiger partial charge in [0.1, 0.15) is 12.1 Å². The van der Waals surface area contributed by atoms with Crippen molar-refractivity contribution in [3.8, 4) is 0 Å². The highest BCUT2D eigenvalue weighted by molar-refractivity contribution is 5.77. The van der Waals surface area contributed by atoms with Crippen LogP contribution >= 0.6 is 0 Å². The lowest BCUT2D eigenvalue weighted by Gasteiger charge is -2.48. The summed E-state index contributed by atoms with van der Waals surface area (Å²) in [6.07, 6.45) is 11.4. The fraction of sp³-hybridized carbons (Fsp3) is 0.545. The van der Waals surface area contributed by atoms with Gasteiger partial charge in [-0.05, 0) is 37.8 Å². The number of aromatic nitrogens is 3. The molecule has 2 aliphatic rings. The molecule has 1 atom stereocenters. The molecule has 0 aliphatic carbocycles. The van der Waals surface area contributed by atoms with Crippen LogP contribution in [0, 0.1) is 5.41 Å². The molecule has 0 aromatic carbocycles. The summed E-state index contributed by atoms with van der Waals surface area (Å²) < 4.78 is 0. The lowest BCUT2D eigenvalue weighted by molar-refractivity contribution is -0.138. The highest BCUT2D eigenvalue weighted by atomic mass is 16.2. The quantitative estimate of drug-likeness (QED) is 0.798. The Hall–Kier alpha value is -2.50. The summed E-state index contributed by atoms with van der Waals surface area (Å²) in [5, 5.41) is 0. The first-order valence-corrected chi connectivity index (χ1v) is 10.4. The molecule has 0 N–H and O–H groups in total. The zero-order valence-electron chi connectivity index (χ0n) is 16.7. The Balaban J connectivity index is 1.52. The van der Waals surface area contributed by atoms with Crippen LogP contribution in [0.2, 0.25) is 0 Å². The van der Waals surface area contributed by atoms with E-state index in [-0.39, 0.29) is 11.3 Å². The Morgan fingerprint density at radius 2 is 2.11 bits per heavy atom. The van der Waals surface area contributed by atoms with Crippen molar-refractivity contribution in [1.29, 1.82) is 0 Å². The third-order valence-electron chi connectivity index (χ3n) is 6.07. The number of hydrogen-bond acceptors (Lipinski definition) is 5. The summed E-state index contributed by atoms with van der Waals surface area (Å²) in [6, 6.07) is 5.90. The Morgan fingerprint density at radius 3 is 2.93 bits per heavy atom. The highest BCUT2D eigenvalue weighted by Gasteiger charge is 2.42. The molecule has 2 fully saturated rings. The molecule has 1 amide bonds. The number of anilines is 1. The maximum Gasteiger partial charge on any atom is 0.222 e. The van der Waals surface area contributed by atoms with Crippen molar-refractivity contribution in [1.82, 2.24) is 19.9 Å². The van der Waals surface area contributed by atoms with Crippen molar-refractivity contribution in [2.75, 3.05) is 24.5 Å². The van der Waals surface area contributed by atoms with E-state index in [0.717, 1.165) is 56.8 Å². The van der Waals surface area contributed by atoms with Gasteiger partial charge in [-0.15, -0.1) is 0 Å². The third kappa shape index (κ3) is 4.01. The van der Waals surface area contributed by atoms with Gasteiger partial charge in [-0.2, -0.15) is 0 Å². The molecular formula is C22H29N5O. The predicted molar refractivity (Wildman–Crippen MR) is 109 cm³/mol. The fourth-order valence-corrected chi connectivity index (χ4v) is 4.74. The second-order valence-electron chi connectivity index (χ2n) is 8.22. The molecule has 6 nitrogen and oxygen atoms in total. The van der Waals surface area contributed by atoms with Gasteiger partial charge in [-0.25, -0.2) is 9.97 Å². The maximum atomic E-state index is 12.6. The lowest BCUT2D eigenvalue weighted by atomic mass is 9.73. The molecule has 2 aromatic rings. The highest BCUT2D eigenvalue weighted by Crippen LogP contribution is 2.40. The van der Waals surface area contributed by atoms with Crippen LogP contribution in [-0.2, 0) is 17.8 Å². The van der Waals surface area contributed by atoms with E-state index in [2.05, 4.69) is 26.8 Å². The van der Waals surface area contributed by atoms with Crippen LogP contribution in [0.5, 0.6) is 0 Å². The van der Waals surface area contributed by atoms with Gasteiger partial charge in [0, 0.05) is 49.4 Å². The van der Waals surface area contributed by atoms with E-state index >= 15 is 0 Å². The Kier molecular flexibility index (Phi) is 5.55. The van der Waals surface area contributed by atoms with Crippen molar-refractivity contribution in [2.45, 2.75) is 52.0 Å². The molecule has 2 saturated heterocycles. The number of nitrogens with zero attached hydrogens (tertiary/aromatic N) is 5. The van der Waals surface area contributed by atoms with Gasteiger partial charge < -0.3 is 9.80 Å². The molecule has 148 valence electrons. The number of carbonyl (C=O) groups excluding carboxylic acids is 1. The average molecular weight is 380 g/mol. The van der Waals surface area contributed by atoms with Crippen LogP contribution in [0.1, 0.15) is 50.3 Å². The molecule has 2 aliphatic heterocycles. The largest absolute Gasteiger partial charge is 0.356 e. The van der Waals surface area contributed by atoms with Crippen LogP contribution < -0.4 is 4.90 Å². The number of aryl methyl sites for hydroxylation is 1. The number of pyridine rings is 1. The molecule has 0 radical (unpaired) electrons. The molecule has 0 saturated carbocycles. The van der Waals surface area contributed by atoms with Crippen LogP contribution in [0.25, 0.3) is 0 Å². The zero-order chi connectivity index (χ0) is 19.4. The number of hydrogen-bond donors (Lipinski definition) is 0. The second kappa shape index (κ2) is 8.25. The van der Waals surface area contributed by atoms with E-state index in [1.807, 2.05) is 29.3 Å². The standard InChI is InChI=1S/C22H29N5O/c1-2-6-18-13-23-17-25-21(18)26-12-5-9-22(15-26)10-8-20(28)27(16-22)14-19-7-3-4-11-24-19/h3-4,7,11,13,17H,2,5-6,8-10,12,14-16H2,1H3/t22-/m0/s1. The van der Waals surface area contributed by atoms with Gasteiger partial charge in [-0.3, -0.25) is 9.78 Å². The second-order valence-corrected chi connectivity index (χ2v) is 8.22. The van der Waals surface area contributed by atoms with Gasteiger partial charge in [-0.1, -0.05) is 19.4 Å². The first kappa shape index (κ1) is 18.8. The Bertz CT molecular complexity index is 812. The van der Waals surface area contributed by atoms with Gasteiger partial charge in [0.15, 0.2) is 0 Å². The third-order valence-corrected chi connectivity index (χ3v) is 6.07. The molecular weight excluding hydrogens is 350 g/mol. The monoisotopic (exact) mass is 379 g/mol. The summed E-state index contributed by atoms with van der Waals surface area (Å²) in [4.78, 5) is 30.3. The number of piperidine rings is 2. The van der Waals surface area contributed by atoms with Crippen LogP contribution in [0.4, 0.5) is 5.82 Å². The van der Waals surface area contributed by atoms with E-state index in [1.165, 1.54) is 12.0 Å². The molecule has 0 unspecified atom stereocenters. The SMILES string of the molecule is CCCc1cncnc1N1CCC[C@]2(CCC(=O)N(Cc3ccccn3)C2)C1. The molecule has 28 heavy (non-hydrogen) atoms. The van der Waals surface area contributed by atoms with Crippen molar-refractivity contribution in [3.05, 3.63) is 48.2 Å². The molecule has 1 spiro atoms. The van der Waals surface area contributed by atoms with Gasteiger partial charge in [0.25, 0.3) is 0 Å². The first-order valence-electron chi connectivity index (χ1n) is 10.4. The minimum atomic E-state index is 0.148. The first-order chi connectivity index (χ1) is 13.7. The average Bonchev–Trinajstić information content (AvgIpc) is 2.73. The van der Waals surface area contributed by atoms with Crippen molar-refractivity contribution in [2.24, 2.45) is 5.41 Å². The van der Waals surface area contributed by atoms with Crippen molar-refractivity contribution >= 4 is 11.7 Å². The van der Waals surface area contributed by atoms with Gasteiger partial charge in [0.05, 0.1) is 12.2 Å². The van der Waals surface area contributed by atoms with Gasteiger partial charge in [0.2, 0.25) is 5.91 Å². The summed E-state index contributed by atoms with van der Waals surface area (Å²) in [7, 11) is 0. The topological polar surface area (TPSA) is 62.2 Å². The Labute approximate surface area is 167 Å². The van der Waals surface area contributed by atoms with E-state index in [4.69, 9.17) is 0 Å². The molecule has 4 heterocycles. The normalized spacial score (nSPS) is 22.7. The van der Waals surface area contributed by atoms with E-state index in [1.54, 1.807) is 12.5 Å². The zero-order valence-corrected chi connectivity index (χ0v) is 16.7. The fourth-order valence-electron chi connectivity index (χ4n) is 4.74. The molecule has 2 aromatic heterocycles. The summed E-state index contributed by atoms with van der Waals surface area (Å²) in [5.74, 6) is 1.34. The predicted octanol–water partition coefficient (Wildman–Crippen LogP) is 3.23. The number of rotatable bonds is 5. The summed E-state index contributed by atoms with van der Waals surface area (Å²) in [6.45, 7) is 5.61. The van der Waals surface area contributed by atoms with Crippen molar-refractivity contribution in [3.63, 3.8) is 0 Å². The van der Waals surface area contributed by atoms with Crippen molar-refractivity contribution < 1.29 is 4.79 Å². The van der Waals surface area contributed by atoms with Gasteiger partial charge >= 0.3 is 0 Å². The van der Waals surface area contributed by atoms with Crippen LogP contribution in [0.15, 0.2) is 36.9 Å². The molecule has 0 bridgehead atoms. The number of amides is 1. The Morgan fingerprint density at radius 1 is 1.18 bits per heavy atom. The van der Waals surface area contributed by atoms with E-state index in [0.29, 0.717) is 13.0 Å². The smallest absolute Gasteiger partial charge is 0.222 e. The molecule has 4 rings (SSSR count). The summed E-state index contributed by atoms with van der Waals surface area (Å²) >= 11 is 0. The van der Waals surface area contributed by atoms with E-state index in [9.17, 15) is 4.79 Å². The van der Waals surface area contributed by atoms with Crippen LogP contribution in [0.3, 0.4) is 0 Å². The summed E-state index contributed by atoms with van der Waals surface area (Å²) in [5.41, 5.74) is 2.34. The lowest BCUT2D eigenvalue weighted by Crippen LogP contribution is -2.54. The minimum absolute atomic E-state index is 0.148. The minimum Gasteiger partial charge on any atom is -0.356 e. The molecule has 6 heteroatoms. The van der Waals surface area contributed by atoms with E-state index < -0.39 is 0 Å². The maximum absolute atomic E-state index is 12.6. The number of carbonyl (C=O) groups is 1.